The van der Waals surface area contributed by atoms with Gasteiger partial charge in [0.2, 0.25) is 10.0 Å². The Labute approximate surface area is 139 Å². The maximum atomic E-state index is 11.9. The molecule has 0 saturated heterocycles. The zero-order chi connectivity index (χ0) is 17.6. The van der Waals surface area contributed by atoms with Crippen molar-refractivity contribution in [1.29, 1.82) is 0 Å². The van der Waals surface area contributed by atoms with Gasteiger partial charge in [-0.05, 0) is 59.4 Å². The summed E-state index contributed by atoms with van der Waals surface area (Å²) in [5.74, 6) is 0.526. The van der Waals surface area contributed by atoms with Crippen molar-refractivity contribution >= 4 is 10.0 Å². The highest BCUT2D eigenvalue weighted by Gasteiger charge is 2.33. The monoisotopic (exact) mass is 334 g/mol. The largest absolute Gasteiger partial charge is 0.301 e. The van der Waals surface area contributed by atoms with Crippen LogP contribution in [-0.2, 0) is 10.0 Å². The molecule has 0 fully saturated rings. The molecule has 1 atom stereocenters. The van der Waals surface area contributed by atoms with Crippen molar-refractivity contribution < 1.29 is 8.42 Å². The number of rotatable bonds is 11. The smallest absolute Gasteiger partial charge is 0.211 e. The minimum absolute atomic E-state index is 0.345. The van der Waals surface area contributed by atoms with E-state index in [2.05, 4.69) is 32.6 Å². The lowest BCUT2D eigenvalue weighted by atomic mass is 9.87. The first-order valence-corrected chi connectivity index (χ1v) is 10.5. The summed E-state index contributed by atoms with van der Waals surface area (Å²) < 4.78 is 25.3. The van der Waals surface area contributed by atoms with Gasteiger partial charge in [-0.15, -0.1) is 0 Å². The lowest BCUT2D eigenvalue weighted by molar-refractivity contribution is 0.139. The van der Waals surface area contributed by atoms with Crippen LogP contribution in [0.15, 0.2) is 0 Å². The maximum absolute atomic E-state index is 11.9. The second-order valence-electron chi connectivity index (χ2n) is 7.49. The molecule has 0 spiro atoms. The fraction of sp³-hybridized carbons (Fsp3) is 1.00. The summed E-state index contributed by atoms with van der Waals surface area (Å²) in [5, 5.41) is 0. The van der Waals surface area contributed by atoms with Crippen molar-refractivity contribution in [3.63, 3.8) is 0 Å². The van der Waals surface area contributed by atoms with E-state index in [0.717, 1.165) is 38.8 Å². The summed E-state index contributed by atoms with van der Waals surface area (Å²) in [6, 6.07) is 0.537. The Morgan fingerprint density at radius 3 is 2.00 bits per heavy atom. The molecule has 0 aliphatic heterocycles. The van der Waals surface area contributed by atoms with Crippen molar-refractivity contribution in [2.45, 2.75) is 78.8 Å². The molecule has 0 saturated carbocycles. The van der Waals surface area contributed by atoms with E-state index in [1.807, 2.05) is 13.8 Å². The minimum Gasteiger partial charge on any atom is -0.301 e. The Kier molecular flexibility index (Phi) is 9.18. The molecule has 0 aromatic rings. The van der Waals surface area contributed by atoms with Crippen LogP contribution in [0.2, 0.25) is 0 Å². The molecule has 0 bridgehead atoms. The van der Waals surface area contributed by atoms with Crippen molar-refractivity contribution in [1.82, 2.24) is 9.21 Å². The molecule has 0 rings (SSSR count). The zero-order valence-corrected chi connectivity index (χ0v) is 16.8. The van der Waals surface area contributed by atoms with Crippen LogP contribution < -0.4 is 0 Å². The maximum Gasteiger partial charge on any atom is 0.211 e. The van der Waals surface area contributed by atoms with Crippen LogP contribution in [0.25, 0.3) is 0 Å². The Morgan fingerprint density at radius 2 is 1.64 bits per heavy atom. The normalized spacial score (nSPS) is 15.0. The van der Waals surface area contributed by atoms with E-state index in [9.17, 15) is 8.42 Å². The summed E-state index contributed by atoms with van der Waals surface area (Å²) >= 11 is 0. The lowest BCUT2D eigenvalue weighted by Gasteiger charge is -2.39. The van der Waals surface area contributed by atoms with E-state index in [4.69, 9.17) is 0 Å². The molecular formula is C17H38N2O2S. The quantitative estimate of drug-likeness (QED) is 0.580. The van der Waals surface area contributed by atoms with Gasteiger partial charge >= 0.3 is 0 Å². The van der Waals surface area contributed by atoms with Crippen LogP contribution in [0, 0.1) is 5.92 Å². The average molecular weight is 335 g/mol. The van der Waals surface area contributed by atoms with Gasteiger partial charge in [0.25, 0.3) is 0 Å². The molecule has 0 N–H and O–H groups in total. The van der Waals surface area contributed by atoms with Gasteiger partial charge in [0.05, 0.1) is 6.26 Å². The molecule has 5 heteroatoms. The Balaban J connectivity index is 5.02. The third kappa shape index (κ3) is 7.42. The van der Waals surface area contributed by atoms with E-state index >= 15 is 0 Å². The van der Waals surface area contributed by atoms with Crippen LogP contribution in [0.4, 0.5) is 0 Å². The Morgan fingerprint density at radius 1 is 1.09 bits per heavy atom. The van der Waals surface area contributed by atoms with Crippen molar-refractivity contribution in [2.24, 2.45) is 5.92 Å². The molecule has 0 aromatic carbocycles. The summed E-state index contributed by atoms with van der Waals surface area (Å²) in [7, 11) is -1.46. The lowest BCUT2D eigenvalue weighted by Crippen LogP contribution is -2.47. The minimum atomic E-state index is -3.16. The number of nitrogens with zero attached hydrogens (tertiary/aromatic N) is 2. The highest BCUT2D eigenvalue weighted by molar-refractivity contribution is 7.88. The topological polar surface area (TPSA) is 40.6 Å². The van der Waals surface area contributed by atoms with Crippen LogP contribution in [0.5, 0.6) is 0 Å². The van der Waals surface area contributed by atoms with Gasteiger partial charge in [-0.1, -0.05) is 20.3 Å². The van der Waals surface area contributed by atoms with E-state index < -0.39 is 10.0 Å². The molecule has 0 heterocycles. The van der Waals surface area contributed by atoms with Gasteiger partial charge in [0.15, 0.2) is 0 Å². The molecular weight excluding hydrogens is 296 g/mol. The van der Waals surface area contributed by atoms with Gasteiger partial charge < -0.3 is 4.90 Å². The Hall–Kier alpha value is -0.130. The predicted molar refractivity (Wildman–Crippen MR) is 96.7 cm³/mol. The molecule has 4 nitrogen and oxygen atoms in total. The van der Waals surface area contributed by atoms with Gasteiger partial charge in [-0.3, -0.25) is 0 Å². The SMILES string of the molecule is CCCC(CN(CCC)C(C)C)CC(C)(C)N(C)S(C)(=O)=O. The van der Waals surface area contributed by atoms with Crippen LogP contribution >= 0.6 is 0 Å². The van der Waals surface area contributed by atoms with Crippen LogP contribution in [0.1, 0.15) is 67.2 Å². The highest BCUT2D eigenvalue weighted by atomic mass is 32.2. The first kappa shape index (κ1) is 21.9. The molecule has 0 radical (unpaired) electrons. The highest BCUT2D eigenvalue weighted by Crippen LogP contribution is 2.28. The van der Waals surface area contributed by atoms with Crippen molar-refractivity contribution in [3.05, 3.63) is 0 Å². The zero-order valence-electron chi connectivity index (χ0n) is 16.0. The first-order valence-electron chi connectivity index (χ1n) is 8.63. The number of hydrogen-bond acceptors (Lipinski definition) is 3. The van der Waals surface area contributed by atoms with E-state index in [-0.39, 0.29) is 5.54 Å². The number of sulfonamides is 1. The summed E-state index contributed by atoms with van der Waals surface area (Å²) in [4.78, 5) is 2.52. The van der Waals surface area contributed by atoms with Gasteiger partial charge in [-0.2, -0.15) is 4.31 Å². The fourth-order valence-electron chi connectivity index (χ4n) is 3.13. The summed E-state index contributed by atoms with van der Waals surface area (Å²) in [5.41, 5.74) is -0.345. The second-order valence-corrected chi connectivity index (χ2v) is 9.50. The molecule has 0 aliphatic rings. The van der Waals surface area contributed by atoms with Crippen LogP contribution in [0.3, 0.4) is 0 Å². The number of hydrogen-bond donors (Lipinski definition) is 0. The third-order valence-corrected chi connectivity index (χ3v) is 6.06. The predicted octanol–water partition coefficient (Wildman–Crippen LogP) is 3.58. The fourth-order valence-corrected chi connectivity index (χ4v) is 4.10. The van der Waals surface area contributed by atoms with E-state index in [0.29, 0.717) is 12.0 Å². The van der Waals surface area contributed by atoms with Gasteiger partial charge in [-0.25, -0.2) is 8.42 Å². The second kappa shape index (κ2) is 9.24. The average Bonchev–Trinajstić information content (AvgIpc) is 2.35. The van der Waals surface area contributed by atoms with E-state index in [1.165, 1.54) is 10.6 Å². The van der Waals surface area contributed by atoms with E-state index in [1.54, 1.807) is 7.05 Å². The van der Waals surface area contributed by atoms with Gasteiger partial charge in [0.1, 0.15) is 0 Å². The standard InChI is InChI=1S/C17H38N2O2S/c1-9-11-16(14-19(12-10-2)15(3)4)13-17(5,6)18(7)22(8,20)21/h15-16H,9-14H2,1-8H3. The molecule has 22 heavy (non-hydrogen) atoms. The van der Waals surface area contributed by atoms with Crippen molar-refractivity contribution in [2.75, 3.05) is 26.4 Å². The third-order valence-electron chi connectivity index (χ3n) is 4.57. The summed E-state index contributed by atoms with van der Waals surface area (Å²) in [6.07, 6.45) is 5.64. The molecule has 134 valence electrons. The Bertz CT molecular complexity index is 405. The summed E-state index contributed by atoms with van der Waals surface area (Å²) in [6.45, 7) is 15.2. The molecule has 0 aliphatic carbocycles. The van der Waals surface area contributed by atoms with Crippen molar-refractivity contribution in [3.8, 4) is 0 Å². The first-order chi connectivity index (χ1) is 9.95. The molecule has 0 aromatic heterocycles. The van der Waals surface area contributed by atoms with Crippen LogP contribution in [-0.4, -0.2) is 55.6 Å². The van der Waals surface area contributed by atoms with Gasteiger partial charge in [0, 0.05) is 25.2 Å². The molecule has 1 unspecified atom stereocenters. The molecule has 0 amide bonds.